The van der Waals surface area contributed by atoms with Crippen LogP contribution < -0.4 is 4.84 Å². The van der Waals surface area contributed by atoms with Crippen LogP contribution in [0.15, 0.2) is 24.3 Å². The smallest absolute Gasteiger partial charge is 0.163 e. The number of benzene rings is 1. The zero-order valence-corrected chi connectivity index (χ0v) is 12.8. The van der Waals surface area contributed by atoms with Crippen molar-refractivity contribution in [3.8, 4) is 0 Å². The van der Waals surface area contributed by atoms with Crippen molar-refractivity contribution in [1.29, 1.82) is 0 Å². The molecule has 1 aliphatic carbocycles. The third kappa shape index (κ3) is 4.92. The summed E-state index contributed by atoms with van der Waals surface area (Å²) in [6, 6.07) is 8.09. The van der Waals surface area contributed by atoms with Crippen molar-refractivity contribution in [2.75, 3.05) is 6.54 Å². The predicted octanol–water partition coefficient (Wildman–Crippen LogP) is 4.52. The first-order chi connectivity index (χ1) is 9.79. The molecule has 1 aromatic rings. The van der Waals surface area contributed by atoms with Crippen LogP contribution in [0.5, 0.6) is 0 Å². The summed E-state index contributed by atoms with van der Waals surface area (Å²) in [4.78, 5) is 15.0. The summed E-state index contributed by atoms with van der Waals surface area (Å²) in [5.74, 6) is 0.926. The van der Waals surface area contributed by atoms with E-state index in [1.165, 1.54) is 37.7 Å². The molecule has 3 heteroatoms. The van der Waals surface area contributed by atoms with Gasteiger partial charge >= 0.3 is 0 Å². The second-order valence-corrected chi connectivity index (χ2v) is 6.09. The molecule has 1 aliphatic rings. The van der Waals surface area contributed by atoms with E-state index >= 15 is 0 Å². The maximum atomic E-state index is 12.4. The Labute approximate surface area is 127 Å². The zero-order valence-electron chi connectivity index (χ0n) is 12.0. The molecule has 0 amide bonds. The molecule has 1 saturated carbocycles. The molecule has 0 aromatic heterocycles. The average Bonchev–Trinajstić information content (AvgIpc) is 2.49. The van der Waals surface area contributed by atoms with Crippen molar-refractivity contribution < 1.29 is 4.79 Å². The first-order valence-corrected chi connectivity index (χ1v) is 8.13. The molecular formula is C17H24ClNO. The number of Topliss-reactive ketones (excluding diaryl/α,β-unsaturated/α-hetero) is 1. The monoisotopic (exact) mass is 293 g/mol. The van der Waals surface area contributed by atoms with Gasteiger partial charge in [-0.15, -0.1) is 0 Å². The van der Waals surface area contributed by atoms with Crippen LogP contribution in [0.1, 0.15) is 60.9 Å². The van der Waals surface area contributed by atoms with Gasteiger partial charge in [0.2, 0.25) is 0 Å². The summed E-state index contributed by atoms with van der Waals surface area (Å²) >= 11 is 5.45. The molecule has 1 fully saturated rings. The lowest BCUT2D eigenvalue weighted by Gasteiger charge is -2.20. The van der Waals surface area contributed by atoms with Gasteiger partial charge < -0.3 is 0 Å². The molecular weight excluding hydrogens is 270 g/mol. The van der Waals surface area contributed by atoms with E-state index in [0.29, 0.717) is 11.7 Å². The highest BCUT2D eigenvalue weighted by molar-refractivity contribution is 6.13. The van der Waals surface area contributed by atoms with Crippen molar-refractivity contribution >= 4 is 17.6 Å². The van der Waals surface area contributed by atoms with Gasteiger partial charge in [0.25, 0.3) is 0 Å². The van der Waals surface area contributed by atoms with E-state index in [9.17, 15) is 4.79 Å². The van der Waals surface area contributed by atoms with Crippen molar-refractivity contribution in [3.63, 3.8) is 0 Å². The summed E-state index contributed by atoms with van der Waals surface area (Å²) < 4.78 is 0. The maximum Gasteiger partial charge on any atom is 0.163 e. The summed E-state index contributed by atoms with van der Waals surface area (Å²) in [5, 5.41) is 0. The quantitative estimate of drug-likeness (QED) is 0.455. The van der Waals surface area contributed by atoms with Crippen LogP contribution in [-0.4, -0.2) is 12.3 Å². The second-order valence-electron chi connectivity index (χ2n) is 5.82. The van der Waals surface area contributed by atoms with Gasteiger partial charge in [0, 0.05) is 18.5 Å². The van der Waals surface area contributed by atoms with Crippen LogP contribution in [0.25, 0.3) is 0 Å². The van der Waals surface area contributed by atoms with E-state index in [1.807, 2.05) is 12.1 Å². The molecule has 0 unspecified atom stereocenters. The van der Waals surface area contributed by atoms with Crippen LogP contribution in [0.3, 0.4) is 0 Å². The highest BCUT2D eigenvalue weighted by Gasteiger charge is 2.18. The standard InChI is InChI=1S/C17H24ClNO/c18-19-11-5-9-14-8-4-10-16(12-14)17(20)13-15-6-2-1-3-7-15/h4,8,10,12,15,19H,1-3,5-7,9,11,13H2. The zero-order chi connectivity index (χ0) is 14.2. The lowest BCUT2D eigenvalue weighted by Crippen LogP contribution is -2.12. The average molecular weight is 294 g/mol. The summed E-state index contributed by atoms with van der Waals surface area (Å²) in [6.07, 6.45) is 9.07. The Balaban J connectivity index is 1.89. The molecule has 2 nitrogen and oxygen atoms in total. The molecule has 0 saturated heterocycles. The summed E-state index contributed by atoms with van der Waals surface area (Å²) in [7, 11) is 0. The second kappa shape index (κ2) is 8.43. The molecule has 1 aromatic carbocycles. The van der Waals surface area contributed by atoms with Gasteiger partial charge in [0.1, 0.15) is 0 Å². The van der Waals surface area contributed by atoms with Gasteiger partial charge in [0.05, 0.1) is 0 Å². The van der Waals surface area contributed by atoms with Crippen LogP contribution in [0.4, 0.5) is 0 Å². The predicted molar refractivity (Wildman–Crippen MR) is 84.1 cm³/mol. The molecule has 0 spiro atoms. The minimum absolute atomic E-state index is 0.314. The van der Waals surface area contributed by atoms with E-state index in [1.54, 1.807) is 0 Å². The fourth-order valence-electron chi connectivity index (χ4n) is 3.03. The summed E-state index contributed by atoms with van der Waals surface area (Å²) in [6.45, 7) is 0.793. The maximum absolute atomic E-state index is 12.4. The molecule has 20 heavy (non-hydrogen) atoms. The molecule has 0 radical (unpaired) electrons. The van der Waals surface area contributed by atoms with Gasteiger partial charge in [-0.3, -0.25) is 4.79 Å². The Morgan fingerprint density at radius 3 is 2.80 bits per heavy atom. The summed E-state index contributed by atoms with van der Waals surface area (Å²) in [5.41, 5.74) is 2.11. The van der Waals surface area contributed by atoms with Gasteiger partial charge in [-0.2, -0.15) is 0 Å². The number of carbonyl (C=O) groups excluding carboxylic acids is 1. The molecule has 0 bridgehead atoms. The number of aryl methyl sites for hydroxylation is 1. The highest BCUT2D eigenvalue weighted by Crippen LogP contribution is 2.27. The SMILES string of the molecule is O=C(CC1CCCCC1)c1cccc(CCCNCl)c1. The molecule has 0 aliphatic heterocycles. The van der Waals surface area contributed by atoms with Crippen LogP contribution in [-0.2, 0) is 6.42 Å². The van der Waals surface area contributed by atoms with E-state index in [-0.39, 0.29) is 0 Å². The van der Waals surface area contributed by atoms with Gasteiger partial charge in [-0.05, 0) is 42.2 Å². The van der Waals surface area contributed by atoms with Crippen LogP contribution in [0, 0.1) is 5.92 Å². The number of carbonyl (C=O) groups is 1. The number of rotatable bonds is 7. The molecule has 1 N–H and O–H groups in total. The topological polar surface area (TPSA) is 29.1 Å². The lowest BCUT2D eigenvalue weighted by atomic mass is 9.84. The fourth-order valence-corrected chi connectivity index (χ4v) is 3.16. The van der Waals surface area contributed by atoms with E-state index in [2.05, 4.69) is 17.0 Å². The largest absolute Gasteiger partial charge is 0.294 e. The molecule has 0 heterocycles. The minimum atomic E-state index is 0.314. The van der Waals surface area contributed by atoms with Crippen molar-refractivity contribution in [2.24, 2.45) is 5.92 Å². The fraction of sp³-hybridized carbons (Fsp3) is 0.588. The number of hydrogen-bond donors (Lipinski definition) is 1. The van der Waals surface area contributed by atoms with Crippen molar-refractivity contribution in [3.05, 3.63) is 35.4 Å². The Morgan fingerprint density at radius 1 is 1.25 bits per heavy atom. The highest BCUT2D eigenvalue weighted by atomic mass is 35.5. The Hall–Kier alpha value is -0.860. The number of halogens is 1. The number of hydrogen-bond acceptors (Lipinski definition) is 2. The Kier molecular flexibility index (Phi) is 6.55. The van der Waals surface area contributed by atoms with Crippen molar-refractivity contribution in [2.45, 2.75) is 51.4 Å². The molecule has 110 valence electrons. The molecule has 0 atom stereocenters. The van der Waals surface area contributed by atoms with E-state index in [0.717, 1.165) is 31.4 Å². The lowest BCUT2D eigenvalue weighted by molar-refractivity contribution is 0.0950. The minimum Gasteiger partial charge on any atom is -0.294 e. The van der Waals surface area contributed by atoms with Crippen LogP contribution >= 0.6 is 11.8 Å². The van der Waals surface area contributed by atoms with Gasteiger partial charge in [0.15, 0.2) is 5.78 Å². The Morgan fingerprint density at radius 2 is 2.05 bits per heavy atom. The first-order valence-electron chi connectivity index (χ1n) is 7.75. The van der Waals surface area contributed by atoms with E-state index < -0.39 is 0 Å². The van der Waals surface area contributed by atoms with E-state index in [4.69, 9.17) is 11.8 Å². The molecule has 2 rings (SSSR count). The third-order valence-corrected chi connectivity index (χ3v) is 4.37. The van der Waals surface area contributed by atoms with Gasteiger partial charge in [-0.1, -0.05) is 50.3 Å². The normalized spacial score (nSPS) is 16.2. The first kappa shape index (κ1) is 15.5. The number of nitrogens with one attached hydrogen (secondary N) is 1. The van der Waals surface area contributed by atoms with Gasteiger partial charge in [-0.25, -0.2) is 4.84 Å². The van der Waals surface area contributed by atoms with Crippen LogP contribution in [0.2, 0.25) is 0 Å². The van der Waals surface area contributed by atoms with Crippen molar-refractivity contribution in [1.82, 2.24) is 4.84 Å². The third-order valence-electron chi connectivity index (χ3n) is 4.18. The Bertz CT molecular complexity index is 427. The number of ketones is 1.